The smallest absolute Gasteiger partial charge is 0.408 e. The van der Waals surface area contributed by atoms with Gasteiger partial charge in [0.15, 0.2) is 0 Å². The lowest BCUT2D eigenvalue weighted by Crippen LogP contribution is -2.38. The number of carbonyl (C=O) groups excluding carboxylic acids is 2. The highest BCUT2D eigenvalue weighted by atomic mass is 16.6. The molecule has 114 valence electrons. The van der Waals surface area contributed by atoms with Gasteiger partial charge in [0.25, 0.3) is 0 Å². The molecule has 1 N–H and O–H groups in total. The molecule has 0 bridgehead atoms. The van der Waals surface area contributed by atoms with Crippen molar-refractivity contribution in [3.8, 4) is 0 Å². The number of hydrogen-bond donors (Lipinski definition) is 1. The SMILES string of the molecule is CC(C)(C)OC(=O)NC(c1ccccc1)C1CCCC1=O. The number of nitrogens with one attached hydrogen (secondary N) is 1. The maximum atomic E-state index is 12.1. The molecule has 1 fully saturated rings. The Morgan fingerprint density at radius 3 is 2.48 bits per heavy atom. The van der Waals surface area contributed by atoms with Gasteiger partial charge in [0.2, 0.25) is 0 Å². The van der Waals surface area contributed by atoms with E-state index in [2.05, 4.69) is 5.32 Å². The molecule has 1 saturated carbocycles. The molecule has 0 radical (unpaired) electrons. The third kappa shape index (κ3) is 4.31. The highest BCUT2D eigenvalue weighted by Crippen LogP contribution is 2.33. The van der Waals surface area contributed by atoms with E-state index in [-0.39, 0.29) is 17.7 Å². The molecule has 4 heteroatoms. The Bertz CT molecular complexity index is 505. The largest absolute Gasteiger partial charge is 0.444 e. The Morgan fingerprint density at radius 1 is 1.29 bits per heavy atom. The lowest BCUT2D eigenvalue weighted by atomic mass is 9.91. The summed E-state index contributed by atoms with van der Waals surface area (Å²) >= 11 is 0. The number of alkyl carbamates (subject to hydrolysis) is 1. The summed E-state index contributed by atoms with van der Waals surface area (Å²) in [4.78, 5) is 24.1. The number of benzene rings is 1. The summed E-state index contributed by atoms with van der Waals surface area (Å²) in [5.41, 5.74) is 0.397. The fourth-order valence-corrected chi connectivity index (χ4v) is 2.71. The van der Waals surface area contributed by atoms with Crippen molar-refractivity contribution in [2.24, 2.45) is 5.92 Å². The van der Waals surface area contributed by atoms with Gasteiger partial charge in [-0.1, -0.05) is 30.3 Å². The van der Waals surface area contributed by atoms with Crippen LogP contribution in [0.5, 0.6) is 0 Å². The Balaban J connectivity index is 2.17. The molecule has 2 rings (SSSR count). The quantitative estimate of drug-likeness (QED) is 0.924. The van der Waals surface area contributed by atoms with E-state index in [1.807, 2.05) is 51.1 Å². The van der Waals surface area contributed by atoms with Gasteiger partial charge >= 0.3 is 6.09 Å². The van der Waals surface area contributed by atoms with Crippen LogP contribution in [-0.4, -0.2) is 17.5 Å². The van der Waals surface area contributed by atoms with Gasteiger partial charge in [-0.15, -0.1) is 0 Å². The van der Waals surface area contributed by atoms with Crippen molar-refractivity contribution in [2.45, 2.75) is 51.7 Å². The summed E-state index contributed by atoms with van der Waals surface area (Å²) in [5, 5.41) is 2.88. The first kappa shape index (κ1) is 15.5. The normalized spacial score (nSPS) is 20.1. The summed E-state index contributed by atoms with van der Waals surface area (Å²) in [7, 11) is 0. The van der Waals surface area contributed by atoms with E-state index < -0.39 is 11.7 Å². The number of Topliss-reactive ketones (excluding diaryl/α,β-unsaturated/α-hetero) is 1. The molecule has 0 heterocycles. The maximum Gasteiger partial charge on any atom is 0.408 e. The van der Waals surface area contributed by atoms with Crippen LogP contribution in [-0.2, 0) is 9.53 Å². The summed E-state index contributed by atoms with van der Waals surface area (Å²) in [6.45, 7) is 5.47. The van der Waals surface area contributed by atoms with Gasteiger partial charge in [0, 0.05) is 12.3 Å². The van der Waals surface area contributed by atoms with Crippen molar-refractivity contribution in [2.75, 3.05) is 0 Å². The highest BCUT2D eigenvalue weighted by Gasteiger charge is 2.34. The first-order valence-electron chi connectivity index (χ1n) is 7.44. The third-order valence-electron chi connectivity index (χ3n) is 3.59. The van der Waals surface area contributed by atoms with Gasteiger partial charge in [-0.25, -0.2) is 4.79 Å². The molecule has 1 aliphatic carbocycles. The molecule has 2 unspecified atom stereocenters. The average molecular weight is 289 g/mol. The van der Waals surface area contributed by atoms with Crippen LogP contribution < -0.4 is 5.32 Å². The number of hydrogen-bond acceptors (Lipinski definition) is 3. The molecule has 1 aromatic carbocycles. The van der Waals surface area contributed by atoms with Crippen molar-refractivity contribution in [1.82, 2.24) is 5.32 Å². The van der Waals surface area contributed by atoms with E-state index in [4.69, 9.17) is 4.74 Å². The molecule has 0 saturated heterocycles. The van der Waals surface area contributed by atoms with Gasteiger partial charge in [0.05, 0.1) is 6.04 Å². The number of amides is 1. The van der Waals surface area contributed by atoms with Crippen LogP contribution in [0, 0.1) is 5.92 Å². The second-order valence-corrected chi connectivity index (χ2v) is 6.50. The topological polar surface area (TPSA) is 55.4 Å². The van der Waals surface area contributed by atoms with Crippen LogP contribution in [0.4, 0.5) is 4.79 Å². The minimum Gasteiger partial charge on any atom is -0.444 e. The van der Waals surface area contributed by atoms with Gasteiger partial charge in [0.1, 0.15) is 11.4 Å². The Morgan fingerprint density at radius 2 is 1.95 bits per heavy atom. The fourth-order valence-electron chi connectivity index (χ4n) is 2.71. The maximum absolute atomic E-state index is 12.1. The van der Waals surface area contributed by atoms with Gasteiger partial charge < -0.3 is 10.1 Å². The minimum absolute atomic E-state index is 0.153. The zero-order chi connectivity index (χ0) is 15.5. The molecule has 0 aromatic heterocycles. The predicted molar refractivity (Wildman–Crippen MR) is 80.9 cm³/mol. The highest BCUT2D eigenvalue weighted by molar-refractivity contribution is 5.84. The molecule has 1 aliphatic rings. The molecule has 1 aromatic rings. The molecule has 2 atom stereocenters. The number of carbonyl (C=O) groups is 2. The molecule has 1 amide bonds. The Kier molecular flexibility index (Phi) is 4.66. The van der Waals surface area contributed by atoms with Crippen LogP contribution in [0.1, 0.15) is 51.6 Å². The predicted octanol–water partition coefficient (Wildman–Crippen LogP) is 3.62. The van der Waals surface area contributed by atoms with Crippen LogP contribution in [0.15, 0.2) is 30.3 Å². The van der Waals surface area contributed by atoms with Gasteiger partial charge in [-0.2, -0.15) is 0 Å². The van der Waals surface area contributed by atoms with E-state index in [0.29, 0.717) is 6.42 Å². The minimum atomic E-state index is -0.551. The molecule has 0 spiro atoms. The van der Waals surface area contributed by atoms with Crippen molar-refractivity contribution in [3.63, 3.8) is 0 Å². The van der Waals surface area contributed by atoms with Crippen LogP contribution in [0.2, 0.25) is 0 Å². The number of rotatable bonds is 3. The van der Waals surface area contributed by atoms with Crippen molar-refractivity contribution < 1.29 is 14.3 Å². The zero-order valence-electron chi connectivity index (χ0n) is 12.9. The van der Waals surface area contributed by atoms with E-state index >= 15 is 0 Å². The molecule has 4 nitrogen and oxygen atoms in total. The summed E-state index contributed by atoms with van der Waals surface area (Å²) in [5.74, 6) is 0.0693. The molecular weight excluding hydrogens is 266 g/mol. The standard InChI is InChI=1S/C17H23NO3/c1-17(2,3)21-16(20)18-15(12-8-5-4-6-9-12)13-10-7-11-14(13)19/h4-6,8-9,13,15H,7,10-11H2,1-3H3,(H,18,20). The second kappa shape index (κ2) is 6.29. The first-order chi connectivity index (χ1) is 9.87. The lowest BCUT2D eigenvalue weighted by molar-refractivity contribution is -0.121. The van der Waals surface area contributed by atoms with E-state index in [0.717, 1.165) is 18.4 Å². The van der Waals surface area contributed by atoms with Crippen LogP contribution in [0.3, 0.4) is 0 Å². The third-order valence-corrected chi connectivity index (χ3v) is 3.59. The van der Waals surface area contributed by atoms with Crippen molar-refractivity contribution >= 4 is 11.9 Å². The summed E-state index contributed by atoms with van der Waals surface area (Å²) in [6, 6.07) is 9.32. The number of ether oxygens (including phenoxy) is 1. The van der Waals surface area contributed by atoms with Crippen molar-refractivity contribution in [1.29, 1.82) is 0 Å². The van der Waals surface area contributed by atoms with Gasteiger partial charge in [-0.3, -0.25) is 4.79 Å². The molecular formula is C17H23NO3. The Labute approximate surface area is 125 Å². The molecule has 21 heavy (non-hydrogen) atoms. The second-order valence-electron chi connectivity index (χ2n) is 6.50. The van der Waals surface area contributed by atoms with Crippen LogP contribution in [0.25, 0.3) is 0 Å². The number of ketones is 1. The van der Waals surface area contributed by atoms with Gasteiger partial charge in [-0.05, 0) is 39.2 Å². The van der Waals surface area contributed by atoms with E-state index in [1.54, 1.807) is 0 Å². The van der Waals surface area contributed by atoms with E-state index in [9.17, 15) is 9.59 Å². The fraction of sp³-hybridized carbons (Fsp3) is 0.529. The summed E-state index contributed by atoms with van der Waals surface area (Å²) in [6.07, 6.45) is 1.83. The van der Waals surface area contributed by atoms with Crippen molar-refractivity contribution in [3.05, 3.63) is 35.9 Å². The lowest BCUT2D eigenvalue weighted by Gasteiger charge is -2.27. The summed E-state index contributed by atoms with van der Waals surface area (Å²) < 4.78 is 5.32. The van der Waals surface area contributed by atoms with Crippen LogP contribution >= 0.6 is 0 Å². The first-order valence-corrected chi connectivity index (χ1v) is 7.44. The monoisotopic (exact) mass is 289 g/mol. The zero-order valence-corrected chi connectivity index (χ0v) is 12.9. The average Bonchev–Trinajstić information content (AvgIpc) is 2.81. The molecule has 0 aliphatic heterocycles. The Hall–Kier alpha value is -1.84. The van der Waals surface area contributed by atoms with E-state index in [1.165, 1.54) is 0 Å².